The van der Waals surface area contributed by atoms with Crippen LogP contribution in [-0.4, -0.2) is 47.4 Å². The molecule has 0 spiro atoms. The van der Waals surface area contributed by atoms with Crippen LogP contribution in [0.2, 0.25) is 5.02 Å². The molecule has 6 nitrogen and oxygen atoms in total. The number of rotatable bonds is 3. The number of halogens is 1. The zero-order chi connectivity index (χ0) is 18.7. The Morgan fingerprint density at radius 3 is 2.85 bits per heavy atom. The minimum absolute atomic E-state index is 0.0357. The molecule has 0 bridgehead atoms. The van der Waals surface area contributed by atoms with E-state index >= 15 is 0 Å². The maximum Gasteiger partial charge on any atom is 0.319 e. The summed E-state index contributed by atoms with van der Waals surface area (Å²) in [7, 11) is 3.46. The quantitative estimate of drug-likeness (QED) is 0.900. The SMILES string of the molecule is CN(C)C(=O)N1CCc2c(cncc2C(=O)NCc2cccc(Cl)c2)C1. The zero-order valence-corrected chi connectivity index (χ0v) is 15.6. The van der Waals surface area contributed by atoms with Crippen molar-refractivity contribution in [3.05, 3.63) is 63.9 Å². The van der Waals surface area contributed by atoms with E-state index in [4.69, 9.17) is 11.6 Å². The summed E-state index contributed by atoms with van der Waals surface area (Å²) in [6, 6.07) is 7.35. The Kier molecular flexibility index (Phi) is 5.42. The summed E-state index contributed by atoms with van der Waals surface area (Å²) < 4.78 is 0. The summed E-state index contributed by atoms with van der Waals surface area (Å²) in [5.74, 6) is -0.165. The third kappa shape index (κ3) is 3.96. The fourth-order valence-corrected chi connectivity index (χ4v) is 3.27. The van der Waals surface area contributed by atoms with Crippen LogP contribution in [0.25, 0.3) is 0 Å². The second kappa shape index (κ2) is 7.74. The van der Waals surface area contributed by atoms with Gasteiger partial charge in [0, 0.05) is 51.1 Å². The molecular formula is C19H21ClN4O2. The molecule has 3 rings (SSSR count). The predicted octanol–water partition coefficient (Wildman–Crippen LogP) is 2.70. The molecule has 0 saturated heterocycles. The Bertz CT molecular complexity index is 838. The fraction of sp³-hybridized carbons (Fsp3) is 0.316. The van der Waals surface area contributed by atoms with Crippen LogP contribution in [0.5, 0.6) is 0 Å². The maximum atomic E-state index is 12.6. The van der Waals surface area contributed by atoms with Gasteiger partial charge in [-0.15, -0.1) is 0 Å². The minimum atomic E-state index is -0.165. The maximum absolute atomic E-state index is 12.6. The molecule has 1 aliphatic heterocycles. The Balaban J connectivity index is 1.73. The summed E-state index contributed by atoms with van der Waals surface area (Å²) in [5, 5.41) is 3.56. The number of aromatic nitrogens is 1. The van der Waals surface area contributed by atoms with Crippen molar-refractivity contribution in [1.29, 1.82) is 0 Å². The summed E-state index contributed by atoms with van der Waals surface area (Å²) in [4.78, 5) is 32.3. The van der Waals surface area contributed by atoms with E-state index in [1.807, 2.05) is 18.2 Å². The number of pyridine rings is 1. The molecule has 0 radical (unpaired) electrons. The van der Waals surface area contributed by atoms with Gasteiger partial charge in [0.05, 0.1) is 5.56 Å². The average Bonchev–Trinajstić information content (AvgIpc) is 2.64. The van der Waals surface area contributed by atoms with Crippen molar-refractivity contribution < 1.29 is 9.59 Å². The van der Waals surface area contributed by atoms with Crippen LogP contribution in [0.4, 0.5) is 4.79 Å². The lowest BCUT2D eigenvalue weighted by atomic mass is 9.97. The van der Waals surface area contributed by atoms with E-state index in [9.17, 15) is 9.59 Å². The first-order valence-corrected chi connectivity index (χ1v) is 8.78. The largest absolute Gasteiger partial charge is 0.348 e. The van der Waals surface area contributed by atoms with Crippen molar-refractivity contribution in [1.82, 2.24) is 20.1 Å². The first-order chi connectivity index (χ1) is 12.5. The Morgan fingerprint density at radius 2 is 2.12 bits per heavy atom. The van der Waals surface area contributed by atoms with Gasteiger partial charge in [-0.3, -0.25) is 9.78 Å². The highest BCUT2D eigenvalue weighted by atomic mass is 35.5. The molecule has 2 aromatic rings. The molecule has 26 heavy (non-hydrogen) atoms. The van der Waals surface area contributed by atoms with Crippen LogP contribution < -0.4 is 5.32 Å². The lowest BCUT2D eigenvalue weighted by molar-refractivity contribution is 0.0949. The highest BCUT2D eigenvalue weighted by molar-refractivity contribution is 6.30. The van der Waals surface area contributed by atoms with Gasteiger partial charge in [-0.25, -0.2) is 4.79 Å². The first kappa shape index (κ1) is 18.2. The number of carbonyl (C=O) groups excluding carboxylic acids is 2. The Hall–Kier alpha value is -2.60. The summed E-state index contributed by atoms with van der Waals surface area (Å²) >= 11 is 5.98. The van der Waals surface area contributed by atoms with E-state index in [1.54, 1.807) is 42.4 Å². The monoisotopic (exact) mass is 372 g/mol. The number of urea groups is 1. The summed E-state index contributed by atoms with van der Waals surface area (Å²) in [6.07, 6.45) is 3.96. The molecule has 136 valence electrons. The summed E-state index contributed by atoms with van der Waals surface area (Å²) in [6.45, 7) is 1.45. The average molecular weight is 373 g/mol. The topological polar surface area (TPSA) is 65.5 Å². The van der Waals surface area contributed by atoms with Gasteiger partial charge < -0.3 is 15.1 Å². The highest BCUT2D eigenvalue weighted by Gasteiger charge is 2.25. The molecule has 0 aliphatic carbocycles. The van der Waals surface area contributed by atoms with E-state index in [-0.39, 0.29) is 11.9 Å². The van der Waals surface area contributed by atoms with E-state index in [0.29, 0.717) is 36.6 Å². The number of fused-ring (bicyclic) bond motifs is 1. The number of carbonyl (C=O) groups is 2. The molecule has 1 N–H and O–H groups in total. The van der Waals surface area contributed by atoms with Crippen molar-refractivity contribution >= 4 is 23.5 Å². The molecule has 1 aromatic carbocycles. The lowest BCUT2D eigenvalue weighted by Gasteiger charge is -2.31. The van der Waals surface area contributed by atoms with Crippen molar-refractivity contribution in [2.24, 2.45) is 0 Å². The van der Waals surface area contributed by atoms with E-state index in [2.05, 4.69) is 10.3 Å². The zero-order valence-electron chi connectivity index (χ0n) is 14.8. The Morgan fingerprint density at radius 1 is 1.31 bits per heavy atom. The molecule has 1 aliphatic rings. The molecule has 2 heterocycles. The van der Waals surface area contributed by atoms with Crippen LogP contribution >= 0.6 is 11.6 Å². The number of benzene rings is 1. The van der Waals surface area contributed by atoms with Crippen molar-refractivity contribution in [3.63, 3.8) is 0 Å². The molecule has 1 aromatic heterocycles. The van der Waals surface area contributed by atoms with Crippen LogP contribution in [0, 0.1) is 0 Å². The van der Waals surface area contributed by atoms with Crippen LogP contribution in [-0.2, 0) is 19.5 Å². The van der Waals surface area contributed by atoms with Crippen LogP contribution in [0.15, 0.2) is 36.7 Å². The van der Waals surface area contributed by atoms with Crippen molar-refractivity contribution in [2.45, 2.75) is 19.5 Å². The number of hydrogen-bond donors (Lipinski definition) is 1. The van der Waals surface area contributed by atoms with Crippen LogP contribution in [0.1, 0.15) is 27.0 Å². The second-order valence-corrected chi connectivity index (χ2v) is 6.92. The highest BCUT2D eigenvalue weighted by Crippen LogP contribution is 2.22. The van der Waals surface area contributed by atoms with Gasteiger partial charge >= 0.3 is 6.03 Å². The second-order valence-electron chi connectivity index (χ2n) is 6.49. The van der Waals surface area contributed by atoms with Gasteiger partial charge in [-0.1, -0.05) is 23.7 Å². The van der Waals surface area contributed by atoms with Gasteiger partial charge in [0.15, 0.2) is 0 Å². The molecule has 0 atom stereocenters. The summed E-state index contributed by atoms with van der Waals surface area (Å²) in [5.41, 5.74) is 3.39. The van der Waals surface area contributed by atoms with E-state index in [0.717, 1.165) is 16.7 Å². The molecule has 0 saturated carbocycles. The molecule has 7 heteroatoms. The smallest absolute Gasteiger partial charge is 0.319 e. The normalized spacial score (nSPS) is 13.1. The first-order valence-electron chi connectivity index (χ1n) is 8.40. The van der Waals surface area contributed by atoms with Gasteiger partial charge in [0.2, 0.25) is 0 Å². The van der Waals surface area contributed by atoms with E-state index < -0.39 is 0 Å². The molecule has 0 fully saturated rings. The number of amides is 3. The number of hydrogen-bond acceptors (Lipinski definition) is 3. The van der Waals surface area contributed by atoms with Crippen molar-refractivity contribution in [3.8, 4) is 0 Å². The van der Waals surface area contributed by atoms with Gasteiger partial charge in [0.25, 0.3) is 5.91 Å². The fourth-order valence-electron chi connectivity index (χ4n) is 3.06. The lowest BCUT2D eigenvalue weighted by Crippen LogP contribution is -2.42. The third-order valence-electron chi connectivity index (χ3n) is 4.38. The third-order valence-corrected chi connectivity index (χ3v) is 4.61. The van der Waals surface area contributed by atoms with Crippen LogP contribution in [0.3, 0.4) is 0 Å². The molecule has 0 unspecified atom stereocenters. The van der Waals surface area contributed by atoms with Gasteiger partial charge in [0.1, 0.15) is 0 Å². The van der Waals surface area contributed by atoms with E-state index in [1.165, 1.54) is 0 Å². The minimum Gasteiger partial charge on any atom is -0.348 e. The predicted molar refractivity (Wildman–Crippen MR) is 100 cm³/mol. The Labute approximate surface area is 157 Å². The van der Waals surface area contributed by atoms with Gasteiger partial charge in [-0.2, -0.15) is 0 Å². The number of nitrogens with zero attached hydrogens (tertiary/aromatic N) is 3. The van der Waals surface area contributed by atoms with Crippen molar-refractivity contribution in [2.75, 3.05) is 20.6 Å². The number of nitrogens with one attached hydrogen (secondary N) is 1. The standard InChI is InChI=1S/C19H21ClN4O2/c1-23(2)19(26)24-7-6-16-14(12-24)10-21-11-17(16)18(25)22-9-13-4-3-5-15(20)8-13/h3-5,8,10-11H,6-7,9,12H2,1-2H3,(H,22,25). The molecule has 3 amide bonds. The van der Waals surface area contributed by atoms with Gasteiger partial charge in [-0.05, 0) is 35.2 Å². The molecular weight excluding hydrogens is 352 g/mol.